The highest BCUT2D eigenvalue weighted by Gasteiger charge is 2.28. The minimum atomic E-state index is -3.03. The molecule has 1 fully saturated rings. The highest BCUT2D eigenvalue weighted by atomic mass is 32.2. The van der Waals surface area contributed by atoms with Gasteiger partial charge in [-0.1, -0.05) is 12.1 Å². The quantitative estimate of drug-likeness (QED) is 0.861. The third-order valence-electron chi connectivity index (χ3n) is 4.18. The summed E-state index contributed by atoms with van der Waals surface area (Å²) in [4.78, 5) is 28.7. The van der Waals surface area contributed by atoms with Gasteiger partial charge in [0.1, 0.15) is 5.69 Å². The van der Waals surface area contributed by atoms with Gasteiger partial charge in [0.2, 0.25) is 5.91 Å². The molecule has 128 valence electrons. The zero-order chi connectivity index (χ0) is 17.3. The molecule has 1 amide bonds. The largest absolute Gasteiger partial charge is 0.352 e. The van der Waals surface area contributed by atoms with Crippen LogP contribution in [0.4, 0.5) is 0 Å². The second-order valence-electron chi connectivity index (χ2n) is 6.06. The molecule has 24 heavy (non-hydrogen) atoms. The Morgan fingerprint density at radius 2 is 2.12 bits per heavy atom. The standard InChI is InChI=1S/C16H19N3O4S/c1-11-16(21)19(14-5-3-2-4-13(14)17-11)8-6-15(20)18-12-7-9-24(22,23)10-12/h2-5,12H,6-10H2,1H3,(H,18,20)/t12-/m0/s1. The Bertz CT molecular complexity index is 949. The maximum absolute atomic E-state index is 12.3. The molecule has 0 spiro atoms. The summed E-state index contributed by atoms with van der Waals surface area (Å²) in [7, 11) is -3.03. The molecule has 0 bridgehead atoms. The van der Waals surface area contributed by atoms with Crippen molar-refractivity contribution in [3.05, 3.63) is 40.3 Å². The molecule has 2 heterocycles. The Balaban J connectivity index is 1.73. The molecule has 1 N–H and O–H groups in total. The summed E-state index contributed by atoms with van der Waals surface area (Å²) < 4.78 is 24.4. The van der Waals surface area contributed by atoms with Crippen molar-refractivity contribution in [3.8, 4) is 0 Å². The zero-order valence-electron chi connectivity index (χ0n) is 13.4. The minimum Gasteiger partial charge on any atom is -0.352 e. The van der Waals surface area contributed by atoms with E-state index in [1.165, 1.54) is 0 Å². The third kappa shape index (κ3) is 3.48. The normalized spacial score (nSPS) is 19.5. The van der Waals surface area contributed by atoms with Gasteiger partial charge in [-0.05, 0) is 25.5 Å². The number of para-hydroxylation sites is 2. The van der Waals surface area contributed by atoms with Crippen molar-refractivity contribution in [1.29, 1.82) is 0 Å². The summed E-state index contributed by atoms with van der Waals surface area (Å²) in [6.07, 6.45) is 0.565. The van der Waals surface area contributed by atoms with E-state index >= 15 is 0 Å². The maximum atomic E-state index is 12.3. The fourth-order valence-electron chi connectivity index (χ4n) is 2.96. The Morgan fingerprint density at radius 3 is 2.83 bits per heavy atom. The fraction of sp³-hybridized carbons (Fsp3) is 0.438. The van der Waals surface area contributed by atoms with Gasteiger partial charge in [-0.25, -0.2) is 13.4 Å². The SMILES string of the molecule is Cc1nc2ccccc2n(CCC(=O)N[C@H]2CCS(=O)(=O)C2)c1=O. The number of nitrogens with zero attached hydrogens (tertiary/aromatic N) is 2. The molecule has 1 aromatic heterocycles. The van der Waals surface area contributed by atoms with Crippen LogP contribution in [0.15, 0.2) is 29.1 Å². The molecule has 3 rings (SSSR count). The first-order valence-electron chi connectivity index (χ1n) is 7.82. The number of amides is 1. The summed E-state index contributed by atoms with van der Waals surface area (Å²) in [6, 6.07) is 6.96. The predicted molar refractivity (Wildman–Crippen MR) is 90.6 cm³/mol. The van der Waals surface area contributed by atoms with E-state index in [0.29, 0.717) is 23.1 Å². The van der Waals surface area contributed by atoms with Gasteiger partial charge in [0.15, 0.2) is 9.84 Å². The number of carbonyl (C=O) groups excluding carboxylic acids is 1. The first kappa shape index (κ1) is 16.6. The van der Waals surface area contributed by atoms with Crippen LogP contribution in [-0.4, -0.2) is 41.4 Å². The molecular weight excluding hydrogens is 330 g/mol. The molecule has 2 aromatic rings. The van der Waals surface area contributed by atoms with Crippen molar-refractivity contribution in [1.82, 2.24) is 14.9 Å². The number of benzene rings is 1. The molecule has 1 aliphatic heterocycles. The lowest BCUT2D eigenvalue weighted by Gasteiger charge is -2.13. The minimum absolute atomic E-state index is 0.00398. The van der Waals surface area contributed by atoms with Crippen LogP contribution >= 0.6 is 0 Å². The van der Waals surface area contributed by atoms with Crippen molar-refractivity contribution >= 4 is 26.8 Å². The zero-order valence-corrected chi connectivity index (χ0v) is 14.2. The number of aromatic nitrogens is 2. The molecule has 1 saturated heterocycles. The van der Waals surface area contributed by atoms with E-state index in [4.69, 9.17) is 0 Å². The lowest BCUT2D eigenvalue weighted by molar-refractivity contribution is -0.121. The molecule has 8 heteroatoms. The molecule has 0 radical (unpaired) electrons. The lowest BCUT2D eigenvalue weighted by atomic mass is 10.2. The lowest BCUT2D eigenvalue weighted by Crippen LogP contribution is -2.36. The van der Waals surface area contributed by atoms with Gasteiger partial charge >= 0.3 is 0 Å². The number of aryl methyl sites for hydroxylation is 2. The van der Waals surface area contributed by atoms with Crippen molar-refractivity contribution in [2.45, 2.75) is 32.4 Å². The number of hydrogen-bond acceptors (Lipinski definition) is 5. The second-order valence-corrected chi connectivity index (χ2v) is 8.29. The van der Waals surface area contributed by atoms with Gasteiger partial charge in [0, 0.05) is 19.0 Å². The number of sulfone groups is 1. The van der Waals surface area contributed by atoms with E-state index in [-0.39, 0.29) is 42.0 Å². The van der Waals surface area contributed by atoms with E-state index in [0.717, 1.165) is 0 Å². The van der Waals surface area contributed by atoms with Crippen LogP contribution in [0.2, 0.25) is 0 Å². The number of fused-ring (bicyclic) bond motifs is 1. The van der Waals surface area contributed by atoms with E-state index in [1.807, 2.05) is 18.2 Å². The average molecular weight is 349 g/mol. The Hall–Kier alpha value is -2.22. The summed E-state index contributed by atoms with van der Waals surface area (Å²) in [6.45, 7) is 1.88. The third-order valence-corrected chi connectivity index (χ3v) is 5.94. The molecular formula is C16H19N3O4S. The van der Waals surface area contributed by atoms with E-state index in [1.54, 1.807) is 17.6 Å². The first-order valence-corrected chi connectivity index (χ1v) is 9.64. The summed E-state index contributed by atoms with van der Waals surface area (Å²) in [5.41, 5.74) is 1.56. The molecule has 0 saturated carbocycles. The van der Waals surface area contributed by atoms with E-state index < -0.39 is 9.84 Å². The van der Waals surface area contributed by atoms with Gasteiger partial charge in [-0.15, -0.1) is 0 Å². The van der Waals surface area contributed by atoms with Crippen molar-refractivity contribution in [2.24, 2.45) is 0 Å². The Kier molecular flexibility index (Phi) is 4.40. The van der Waals surface area contributed by atoms with Crippen LogP contribution < -0.4 is 10.9 Å². The van der Waals surface area contributed by atoms with Crippen molar-refractivity contribution in [3.63, 3.8) is 0 Å². The smallest absolute Gasteiger partial charge is 0.272 e. The topological polar surface area (TPSA) is 98.1 Å². The second kappa shape index (κ2) is 6.35. The van der Waals surface area contributed by atoms with Crippen LogP contribution in [-0.2, 0) is 21.2 Å². The predicted octanol–water partition coefficient (Wildman–Crippen LogP) is 0.398. The number of nitrogens with one attached hydrogen (secondary N) is 1. The van der Waals surface area contributed by atoms with Gasteiger partial charge in [-0.3, -0.25) is 9.59 Å². The number of carbonyl (C=O) groups is 1. The number of rotatable bonds is 4. The van der Waals surface area contributed by atoms with Gasteiger partial charge in [0.25, 0.3) is 5.56 Å². The van der Waals surface area contributed by atoms with Crippen molar-refractivity contribution in [2.75, 3.05) is 11.5 Å². The van der Waals surface area contributed by atoms with Gasteiger partial charge in [0.05, 0.1) is 22.5 Å². The Morgan fingerprint density at radius 1 is 1.38 bits per heavy atom. The molecule has 0 aliphatic carbocycles. The first-order chi connectivity index (χ1) is 11.4. The van der Waals surface area contributed by atoms with E-state index in [2.05, 4.69) is 10.3 Å². The molecule has 1 aliphatic rings. The van der Waals surface area contributed by atoms with Crippen LogP contribution in [0.3, 0.4) is 0 Å². The Labute approximate surface area is 139 Å². The van der Waals surface area contributed by atoms with Gasteiger partial charge in [-0.2, -0.15) is 0 Å². The van der Waals surface area contributed by atoms with Crippen molar-refractivity contribution < 1.29 is 13.2 Å². The molecule has 1 atom stereocenters. The molecule has 1 aromatic carbocycles. The van der Waals surface area contributed by atoms with Gasteiger partial charge < -0.3 is 9.88 Å². The summed E-state index contributed by atoms with van der Waals surface area (Å²) in [5, 5.41) is 2.74. The molecule has 7 nitrogen and oxygen atoms in total. The van der Waals surface area contributed by atoms with Crippen LogP contribution in [0.25, 0.3) is 11.0 Å². The monoisotopic (exact) mass is 349 g/mol. The maximum Gasteiger partial charge on any atom is 0.272 e. The fourth-order valence-corrected chi connectivity index (χ4v) is 4.64. The summed E-state index contributed by atoms with van der Waals surface area (Å²) >= 11 is 0. The van der Waals surface area contributed by atoms with Crippen LogP contribution in [0, 0.1) is 6.92 Å². The van der Waals surface area contributed by atoms with Crippen LogP contribution in [0.5, 0.6) is 0 Å². The number of hydrogen-bond donors (Lipinski definition) is 1. The highest BCUT2D eigenvalue weighted by molar-refractivity contribution is 7.91. The van der Waals surface area contributed by atoms with E-state index in [9.17, 15) is 18.0 Å². The summed E-state index contributed by atoms with van der Waals surface area (Å²) in [5.74, 6) is -0.135. The average Bonchev–Trinajstić information content (AvgIpc) is 2.86. The molecule has 0 unspecified atom stereocenters. The van der Waals surface area contributed by atoms with Crippen LogP contribution in [0.1, 0.15) is 18.5 Å². The highest BCUT2D eigenvalue weighted by Crippen LogP contribution is 2.12.